The molecular formula is C20H22N2O5. The highest BCUT2D eigenvalue weighted by atomic mass is 16.4. The molecule has 0 radical (unpaired) electrons. The summed E-state index contributed by atoms with van der Waals surface area (Å²) >= 11 is 0. The molecule has 3 amide bonds. The van der Waals surface area contributed by atoms with Crippen LogP contribution in [0.4, 0.5) is 0 Å². The Labute approximate surface area is 157 Å². The number of likely N-dealkylation sites (tertiary alicyclic amines) is 1. The molecule has 0 aromatic heterocycles. The molecule has 1 aromatic rings. The minimum absolute atomic E-state index is 0.278. The van der Waals surface area contributed by atoms with Gasteiger partial charge in [-0.25, -0.2) is 4.79 Å². The van der Waals surface area contributed by atoms with Crippen molar-refractivity contribution in [3.8, 4) is 0 Å². The van der Waals surface area contributed by atoms with Crippen molar-refractivity contribution in [2.24, 2.45) is 0 Å². The molecule has 2 heterocycles. The van der Waals surface area contributed by atoms with Crippen molar-refractivity contribution in [1.82, 2.24) is 9.80 Å². The first-order valence-corrected chi connectivity index (χ1v) is 9.01. The number of hydrogen-bond donors (Lipinski definition) is 1. The number of aliphatic carboxylic acids is 1. The van der Waals surface area contributed by atoms with Gasteiger partial charge in [-0.1, -0.05) is 18.2 Å². The lowest BCUT2D eigenvalue weighted by Crippen LogP contribution is -2.56. The molecule has 27 heavy (non-hydrogen) atoms. The van der Waals surface area contributed by atoms with Crippen LogP contribution in [0.25, 0.3) is 0 Å². The maximum absolute atomic E-state index is 13.3. The summed E-state index contributed by atoms with van der Waals surface area (Å²) in [5.74, 6) is -2.62. The van der Waals surface area contributed by atoms with E-state index in [2.05, 4.69) is 6.58 Å². The van der Waals surface area contributed by atoms with Crippen LogP contribution in [-0.4, -0.2) is 56.7 Å². The Hall–Kier alpha value is -2.96. The smallest absolute Gasteiger partial charge is 0.326 e. The third kappa shape index (κ3) is 3.13. The summed E-state index contributed by atoms with van der Waals surface area (Å²) < 4.78 is 0. The highest BCUT2D eigenvalue weighted by Gasteiger charge is 2.47. The van der Waals surface area contributed by atoms with Crippen LogP contribution in [0, 0.1) is 0 Å². The predicted octanol–water partition coefficient (Wildman–Crippen LogP) is 2.08. The molecule has 142 valence electrons. The number of imide groups is 1. The van der Waals surface area contributed by atoms with E-state index in [1.165, 1.54) is 11.8 Å². The van der Waals surface area contributed by atoms with E-state index >= 15 is 0 Å². The molecule has 2 aliphatic heterocycles. The van der Waals surface area contributed by atoms with E-state index in [-0.39, 0.29) is 17.2 Å². The van der Waals surface area contributed by atoms with Gasteiger partial charge in [0.05, 0.1) is 11.1 Å². The van der Waals surface area contributed by atoms with Gasteiger partial charge in [0.2, 0.25) is 5.91 Å². The highest BCUT2D eigenvalue weighted by Crippen LogP contribution is 2.31. The molecule has 3 rings (SSSR count). The van der Waals surface area contributed by atoms with Crippen molar-refractivity contribution < 1.29 is 24.3 Å². The van der Waals surface area contributed by atoms with E-state index in [1.54, 1.807) is 30.3 Å². The topological polar surface area (TPSA) is 95.0 Å². The van der Waals surface area contributed by atoms with Crippen molar-refractivity contribution in [2.75, 3.05) is 0 Å². The van der Waals surface area contributed by atoms with Crippen LogP contribution >= 0.6 is 0 Å². The molecule has 2 aliphatic rings. The first kappa shape index (κ1) is 18.8. The molecular weight excluding hydrogens is 348 g/mol. The van der Waals surface area contributed by atoms with Gasteiger partial charge in [0.1, 0.15) is 12.1 Å². The van der Waals surface area contributed by atoms with Crippen LogP contribution in [0.15, 0.2) is 36.9 Å². The predicted molar refractivity (Wildman–Crippen MR) is 97.1 cm³/mol. The minimum atomic E-state index is -1.12. The van der Waals surface area contributed by atoms with E-state index in [0.29, 0.717) is 25.7 Å². The Morgan fingerprint density at radius 1 is 1.22 bits per heavy atom. The lowest BCUT2D eigenvalue weighted by Gasteiger charge is -2.35. The van der Waals surface area contributed by atoms with Crippen LogP contribution in [-0.2, 0) is 9.59 Å². The zero-order valence-electron chi connectivity index (χ0n) is 15.1. The lowest BCUT2D eigenvalue weighted by molar-refractivity contribution is -0.152. The summed E-state index contributed by atoms with van der Waals surface area (Å²) in [6.07, 6.45) is 3.63. The summed E-state index contributed by atoms with van der Waals surface area (Å²) in [5.41, 5.74) is 0.556. The number of benzene rings is 1. The van der Waals surface area contributed by atoms with Gasteiger partial charge in [-0.15, -0.1) is 6.58 Å². The number of nitrogens with zero attached hydrogens (tertiary/aromatic N) is 2. The van der Waals surface area contributed by atoms with Crippen molar-refractivity contribution in [3.05, 3.63) is 48.0 Å². The molecule has 0 saturated carbocycles. The second-order valence-electron chi connectivity index (χ2n) is 6.91. The SMILES string of the molecule is C=CC[C@@H]1CCC[C@H](N2C(=O)c3ccccc3C2=O)C(=O)N1C(C)C(=O)O. The van der Waals surface area contributed by atoms with E-state index in [4.69, 9.17) is 0 Å². The Morgan fingerprint density at radius 2 is 1.81 bits per heavy atom. The van der Waals surface area contributed by atoms with Gasteiger partial charge >= 0.3 is 5.97 Å². The average Bonchev–Trinajstić information content (AvgIpc) is 2.79. The monoisotopic (exact) mass is 370 g/mol. The molecule has 0 spiro atoms. The zero-order valence-corrected chi connectivity index (χ0v) is 15.1. The second kappa shape index (κ2) is 7.34. The third-order valence-electron chi connectivity index (χ3n) is 5.30. The van der Waals surface area contributed by atoms with E-state index in [0.717, 1.165) is 4.90 Å². The Bertz CT molecular complexity index is 783. The van der Waals surface area contributed by atoms with Crippen LogP contribution < -0.4 is 0 Å². The molecule has 3 atom stereocenters. The molecule has 0 aliphatic carbocycles. The summed E-state index contributed by atoms with van der Waals surface area (Å²) in [6.45, 7) is 5.14. The van der Waals surface area contributed by atoms with E-state index in [9.17, 15) is 24.3 Å². The van der Waals surface area contributed by atoms with Gasteiger partial charge in [-0.05, 0) is 44.7 Å². The largest absolute Gasteiger partial charge is 0.480 e. The second-order valence-corrected chi connectivity index (χ2v) is 6.91. The average molecular weight is 370 g/mol. The van der Waals surface area contributed by atoms with Crippen molar-refractivity contribution in [3.63, 3.8) is 0 Å². The van der Waals surface area contributed by atoms with Crippen molar-refractivity contribution >= 4 is 23.7 Å². The molecule has 1 aromatic carbocycles. The number of hydrogen-bond acceptors (Lipinski definition) is 4. The van der Waals surface area contributed by atoms with Crippen molar-refractivity contribution in [1.29, 1.82) is 0 Å². The number of fused-ring (bicyclic) bond motifs is 1. The molecule has 7 nitrogen and oxygen atoms in total. The first-order chi connectivity index (χ1) is 12.9. The van der Waals surface area contributed by atoms with Gasteiger partial charge in [0, 0.05) is 6.04 Å². The van der Waals surface area contributed by atoms with Crippen LogP contribution in [0.1, 0.15) is 53.3 Å². The van der Waals surface area contributed by atoms with E-state index < -0.39 is 35.8 Å². The summed E-state index contributed by atoms with van der Waals surface area (Å²) in [4.78, 5) is 52.7. The fourth-order valence-corrected chi connectivity index (χ4v) is 3.94. The maximum Gasteiger partial charge on any atom is 0.326 e. The number of carbonyl (C=O) groups excluding carboxylic acids is 3. The van der Waals surface area contributed by atoms with Crippen LogP contribution in [0.3, 0.4) is 0 Å². The Balaban J connectivity index is 1.98. The van der Waals surface area contributed by atoms with Crippen LogP contribution in [0.5, 0.6) is 0 Å². The minimum Gasteiger partial charge on any atom is -0.480 e. The fraction of sp³-hybridized carbons (Fsp3) is 0.400. The molecule has 1 saturated heterocycles. The van der Waals surface area contributed by atoms with Gasteiger partial charge in [-0.2, -0.15) is 0 Å². The van der Waals surface area contributed by atoms with Crippen LogP contribution in [0.2, 0.25) is 0 Å². The number of carbonyl (C=O) groups is 4. The maximum atomic E-state index is 13.3. The standard InChI is InChI=1S/C20H22N2O5/c1-3-7-13-8-6-11-16(19(25)21(13)12(2)20(26)27)22-17(23)14-9-4-5-10-15(14)18(22)24/h3-5,9-10,12-13,16H,1,6-8,11H2,2H3,(H,26,27)/t12?,13-,16+/m1/s1. The molecule has 1 unspecified atom stereocenters. The lowest BCUT2D eigenvalue weighted by atomic mass is 10.0. The number of rotatable bonds is 5. The zero-order chi connectivity index (χ0) is 19.7. The van der Waals surface area contributed by atoms with Gasteiger partial charge in [-0.3, -0.25) is 19.3 Å². The number of carboxylic acid groups (broad SMARTS) is 1. The molecule has 7 heteroatoms. The van der Waals surface area contributed by atoms with Gasteiger partial charge < -0.3 is 10.0 Å². The van der Waals surface area contributed by atoms with Gasteiger partial charge in [0.15, 0.2) is 0 Å². The molecule has 1 N–H and O–H groups in total. The molecule has 1 fully saturated rings. The normalized spacial score (nSPS) is 23.8. The number of carboxylic acids is 1. The summed E-state index contributed by atoms with van der Waals surface area (Å²) in [6, 6.07) is 4.10. The first-order valence-electron chi connectivity index (χ1n) is 9.01. The fourth-order valence-electron chi connectivity index (χ4n) is 3.94. The quantitative estimate of drug-likeness (QED) is 0.632. The molecule has 0 bridgehead atoms. The summed E-state index contributed by atoms with van der Waals surface area (Å²) in [7, 11) is 0. The number of amides is 3. The Kier molecular flexibility index (Phi) is 5.12. The highest BCUT2D eigenvalue weighted by molar-refractivity contribution is 6.22. The van der Waals surface area contributed by atoms with Gasteiger partial charge in [0.25, 0.3) is 11.8 Å². The van der Waals surface area contributed by atoms with Crippen molar-refractivity contribution in [2.45, 2.75) is 50.7 Å². The summed E-state index contributed by atoms with van der Waals surface area (Å²) in [5, 5.41) is 9.46. The Morgan fingerprint density at radius 3 is 2.33 bits per heavy atom. The third-order valence-corrected chi connectivity index (χ3v) is 5.30. The van der Waals surface area contributed by atoms with E-state index in [1.807, 2.05) is 0 Å².